The summed E-state index contributed by atoms with van der Waals surface area (Å²) in [6, 6.07) is 8.61. The molecule has 0 bridgehead atoms. The quantitative estimate of drug-likeness (QED) is 0.670. The first-order valence-electron chi connectivity index (χ1n) is 7.57. The number of halogens is 1. The molecule has 0 aliphatic heterocycles. The molecule has 0 amide bonds. The van der Waals surface area contributed by atoms with Crippen LogP contribution in [0.4, 0.5) is 0 Å². The van der Waals surface area contributed by atoms with Crippen LogP contribution in [0.15, 0.2) is 28.7 Å². The van der Waals surface area contributed by atoms with Crippen molar-refractivity contribution in [3.8, 4) is 0 Å². The van der Waals surface area contributed by atoms with Crippen molar-refractivity contribution in [3.05, 3.63) is 34.3 Å². The van der Waals surface area contributed by atoms with Gasteiger partial charge in [0.2, 0.25) is 0 Å². The summed E-state index contributed by atoms with van der Waals surface area (Å²) in [4.78, 5) is 0. The standard InChI is InChI=1S/C17H28BrN/c1-4-19-13-15(9-7-8-14(2)3)12-16-10-5-6-11-17(16)18/h5-6,10-11,14-15,19H,4,7-9,12-13H2,1-3H3. The molecule has 0 aliphatic rings. The van der Waals surface area contributed by atoms with Crippen LogP contribution < -0.4 is 5.32 Å². The molecule has 0 fully saturated rings. The van der Waals surface area contributed by atoms with Crippen molar-refractivity contribution >= 4 is 15.9 Å². The Kier molecular flexibility index (Phi) is 8.40. The average molecular weight is 326 g/mol. The largest absolute Gasteiger partial charge is 0.317 e. The molecule has 0 saturated carbocycles. The van der Waals surface area contributed by atoms with Crippen LogP contribution in [0.25, 0.3) is 0 Å². The van der Waals surface area contributed by atoms with Crippen LogP contribution in [0.3, 0.4) is 0 Å². The number of benzene rings is 1. The molecule has 108 valence electrons. The molecule has 1 rings (SSSR count). The highest BCUT2D eigenvalue weighted by Gasteiger charge is 2.11. The molecule has 2 heteroatoms. The van der Waals surface area contributed by atoms with E-state index < -0.39 is 0 Å². The summed E-state index contributed by atoms with van der Waals surface area (Å²) >= 11 is 3.66. The molecule has 1 aromatic carbocycles. The third-order valence-corrected chi connectivity index (χ3v) is 4.32. The maximum absolute atomic E-state index is 3.66. The molecule has 1 aromatic rings. The first kappa shape index (κ1) is 16.7. The first-order chi connectivity index (χ1) is 9.13. The van der Waals surface area contributed by atoms with E-state index in [2.05, 4.69) is 66.3 Å². The summed E-state index contributed by atoms with van der Waals surface area (Å²) in [5.41, 5.74) is 1.44. The summed E-state index contributed by atoms with van der Waals surface area (Å²) in [6.07, 6.45) is 5.19. The number of nitrogens with one attached hydrogen (secondary N) is 1. The van der Waals surface area contributed by atoms with Gasteiger partial charge in [-0.15, -0.1) is 0 Å². The molecular weight excluding hydrogens is 298 g/mol. The zero-order valence-electron chi connectivity index (χ0n) is 12.6. The maximum atomic E-state index is 3.66. The van der Waals surface area contributed by atoms with E-state index >= 15 is 0 Å². The van der Waals surface area contributed by atoms with Gasteiger partial charge in [0, 0.05) is 4.47 Å². The summed E-state index contributed by atoms with van der Waals surface area (Å²) in [5, 5.41) is 3.51. The van der Waals surface area contributed by atoms with Gasteiger partial charge >= 0.3 is 0 Å². The highest BCUT2D eigenvalue weighted by atomic mass is 79.9. The van der Waals surface area contributed by atoms with Crippen molar-refractivity contribution < 1.29 is 0 Å². The molecular formula is C17H28BrN. The minimum absolute atomic E-state index is 0.748. The van der Waals surface area contributed by atoms with Crippen molar-refractivity contribution in [3.63, 3.8) is 0 Å². The third kappa shape index (κ3) is 7.12. The molecule has 0 spiro atoms. The average Bonchev–Trinajstić information content (AvgIpc) is 2.37. The van der Waals surface area contributed by atoms with Gasteiger partial charge in [-0.25, -0.2) is 0 Å². The molecule has 0 aliphatic carbocycles. The normalized spacial score (nSPS) is 12.9. The lowest BCUT2D eigenvalue weighted by molar-refractivity contribution is 0.410. The molecule has 0 heterocycles. The SMILES string of the molecule is CCNCC(CCCC(C)C)Cc1ccccc1Br. The Morgan fingerprint density at radius 2 is 1.89 bits per heavy atom. The predicted molar refractivity (Wildman–Crippen MR) is 88.6 cm³/mol. The second kappa shape index (κ2) is 9.55. The van der Waals surface area contributed by atoms with E-state index in [1.165, 1.54) is 35.7 Å². The smallest absolute Gasteiger partial charge is 0.0207 e. The van der Waals surface area contributed by atoms with Crippen molar-refractivity contribution in [1.82, 2.24) is 5.32 Å². The molecule has 19 heavy (non-hydrogen) atoms. The van der Waals surface area contributed by atoms with E-state index in [1.807, 2.05) is 0 Å². The van der Waals surface area contributed by atoms with Gasteiger partial charge in [0.15, 0.2) is 0 Å². The van der Waals surface area contributed by atoms with Crippen molar-refractivity contribution in [2.24, 2.45) is 11.8 Å². The van der Waals surface area contributed by atoms with Gasteiger partial charge < -0.3 is 5.32 Å². The van der Waals surface area contributed by atoms with Gasteiger partial charge in [0.1, 0.15) is 0 Å². The summed E-state index contributed by atoms with van der Waals surface area (Å²) in [6.45, 7) is 9.01. The van der Waals surface area contributed by atoms with Crippen molar-refractivity contribution in [2.45, 2.75) is 46.5 Å². The lowest BCUT2D eigenvalue weighted by Crippen LogP contribution is -2.24. The van der Waals surface area contributed by atoms with E-state index in [4.69, 9.17) is 0 Å². The molecule has 0 radical (unpaired) electrons. The number of rotatable bonds is 9. The van der Waals surface area contributed by atoms with Crippen LogP contribution in [0, 0.1) is 11.8 Å². The van der Waals surface area contributed by atoms with E-state index in [0.717, 1.165) is 24.9 Å². The van der Waals surface area contributed by atoms with Gasteiger partial charge in [-0.3, -0.25) is 0 Å². The lowest BCUT2D eigenvalue weighted by Gasteiger charge is -2.18. The first-order valence-corrected chi connectivity index (χ1v) is 8.36. The van der Waals surface area contributed by atoms with E-state index in [1.54, 1.807) is 0 Å². The van der Waals surface area contributed by atoms with Crippen molar-refractivity contribution in [1.29, 1.82) is 0 Å². The minimum atomic E-state index is 0.748. The van der Waals surface area contributed by atoms with Crippen LogP contribution in [-0.2, 0) is 6.42 Å². The van der Waals surface area contributed by atoms with Crippen LogP contribution >= 0.6 is 15.9 Å². The summed E-state index contributed by atoms with van der Waals surface area (Å²) < 4.78 is 1.25. The maximum Gasteiger partial charge on any atom is 0.0207 e. The van der Waals surface area contributed by atoms with E-state index in [0.29, 0.717) is 0 Å². The second-order valence-electron chi connectivity index (χ2n) is 5.79. The fraction of sp³-hybridized carbons (Fsp3) is 0.647. The van der Waals surface area contributed by atoms with E-state index in [-0.39, 0.29) is 0 Å². The minimum Gasteiger partial charge on any atom is -0.317 e. The van der Waals surface area contributed by atoms with Gasteiger partial charge in [-0.2, -0.15) is 0 Å². The molecule has 0 aromatic heterocycles. The Morgan fingerprint density at radius 1 is 1.16 bits per heavy atom. The zero-order chi connectivity index (χ0) is 14.1. The van der Waals surface area contributed by atoms with Gasteiger partial charge in [-0.1, -0.05) is 67.7 Å². The molecule has 0 saturated heterocycles. The Bertz CT molecular complexity index is 349. The van der Waals surface area contributed by atoms with Crippen LogP contribution in [0.1, 0.15) is 45.6 Å². The molecule has 1 atom stereocenters. The molecule has 1 nitrogen and oxygen atoms in total. The van der Waals surface area contributed by atoms with E-state index in [9.17, 15) is 0 Å². The van der Waals surface area contributed by atoms with Gasteiger partial charge in [0.25, 0.3) is 0 Å². The third-order valence-electron chi connectivity index (χ3n) is 3.54. The van der Waals surface area contributed by atoms with Crippen LogP contribution in [0.2, 0.25) is 0 Å². The molecule has 1 N–H and O–H groups in total. The fourth-order valence-electron chi connectivity index (χ4n) is 2.41. The lowest BCUT2D eigenvalue weighted by atomic mass is 9.92. The van der Waals surface area contributed by atoms with Crippen LogP contribution in [0.5, 0.6) is 0 Å². The monoisotopic (exact) mass is 325 g/mol. The Hall–Kier alpha value is -0.340. The highest BCUT2D eigenvalue weighted by Crippen LogP contribution is 2.22. The Morgan fingerprint density at radius 3 is 2.53 bits per heavy atom. The Balaban J connectivity index is 2.51. The number of hydrogen-bond acceptors (Lipinski definition) is 1. The fourth-order valence-corrected chi connectivity index (χ4v) is 2.86. The summed E-state index contributed by atoms with van der Waals surface area (Å²) in [7, 11) is 0. The number of hydrogen-bond donors (Lipinski definition) is 1. The topological polar surface area (TPSA) is 12.0 Å². The Labute approximate surface area is 127 Å². The zero-order valence-corrected chi connectivity index (χ0v) is 14.2. The predicted octanol–water partition coefficient (Wildman–Crippen LogP) is 5.04. The van der Waals surface area contributed by atoms with Crippen LogP contribution in [-0.4, -0.2) is 13.1 Å². The molecule has 1 unspecified atom stereocenters. The second-order valence-corrected chi connectivity index (χ2v) is 6.65. The highest BCUT2D eigenvalue weighted by molar-refractivity contribution is 9.10. The van der Waals surface area contributed by atoms with Gasteiger partial charge in [-0.05, 0) is 49.4 Å². The summed E-state index contributed by atoms with van der Waals surface area (Å²) in [5.74, 6) is 1.57. The van der Waals surface area contributed by atoms with Gasteiger partial charge in [0.05, 0.1) is 0 Å². The van der Waals surface area contributed by atoms with Crippen molar-refractivity contribution in [2.75, 3.05) is 13.1 Å².